The minimum absolute atomic E-state index is 0.465. The number of benzene rings is 1. The predicted octanol–water partition coefficient (Wildman–Crippen LogP) is 1.16. The largest absolute Gasteiger partial charge is 0.387 e. The van der Waals surface area contributed by atoms with Crippen LogP contribution in [0.4, 0.5) is 0 Å². The predicted molar refractivity (Wildman–Crippen MR) is 49.9 cm³/mol. The highest BCUT2D eigenvalue weighted by molar-refractivity contribution is 6.04. The molecule has 0 aliphatic carbocycles. The minimum Gasteiger partial charge on any atom is -0.387 e. The molecule has 1 aliphatic heterocycles. The smallest absolute Gasteiger partial charge is 0.338 e. The van der Waals surface area contributed by atoms with Crippen LogP contribution in [0.5, 0.6) is 5.75 Å². The van der Waals surface area contributed by atoms with E-state index in [1.807, 2.05) is 6.07 Å². The molecule has 1 aromatic rings. The van der Waals surface area contributed by atoms with Gasteiger partial charge in [-0.1, -0.05) is 18.2 Å². The Kier molecular flexibility index (Phi) is 4.05. The SMILES string of the molecule is O=C1C=CC(=O)O1.OOc1ccccc1. The molecular formula is C10H8O5. The highest BCUT2D eigenvalue weighted by Gasteiger charge is 2.10. The Balaban J connectivity index is 0.000000151. The van der Waals surface area contributed by atoms with Gasteiger partial charge >= 0.3 is 11.9 Å². The highest BCUT2D eigenvalue weighted by Crippen LogP contribution is 2.05. The topological polar surface area (TPSA) is 72.8 Å². The number of hydrogen-bond acceptors (Lipinski definition) is 5. The first-order valence-electron chi connectivity index (χ1n) is 4.02. The van der Waals surface area contributed by atoms with E-state index in [-0.39, 0.29) is 0 Å². The number of rotatable bonds is 1. The molecule has 0 amide bonds. The summed E-state index contributed by atoms with van der Waals surface area (Å²) in [6.45, 7) is 0. The second-order valence-electron chi connectivity index (χ2n) is 2.48. The lowest BCUT2D eigenvalue weighted by atomic mass is 10.3. The van der Waals surface area contributed by atoms with Crippen LogP contribution in [-0.4, -0.2) is 17.2 Å². The summed E-state index contributed by atoms with van der Waals surface area (Å²) in [5, 5.41) is 8.04. The molecule has 0 aromatic heterocycles. The van der Waals surface area contributed by atoms with Crippen molar-refractivity contribution in [2.75, 3.05) is 0 Å². The van der Waals surface area contributed by atoms with Crippen molar-refractivity contribution >= 4 is 11.9 Å². The standard InChI is InChI=1S/C6H6O2.C4H2O3/c7-8-6-4-2-1-3-5-6;5-3-1-2-4(6)7-3/h1-5,7H;1-2H. The Bertz CT molecular complexity index is 353. The van der Waals surface area contributed by atoms with E-state index in [4.69, 9.17) is 5.26 Å². The van der Waals surface area contributed by atoms with Gasteiger partial charge in [-0.2, -0.15) is 0 Å². The van der Waals surface area contributed by atoms with Gasteiger partial charge in [0.25, 0.3) is 0 Å². The second kappa shape index (κ2) is 5.56. The zero-order valence-corrected chi connectivity index (χ0v) is 7.62. The van der Waals surface area contributed by atoms with Crippen molar-refractivity contribution in [3.8, 4) is 5.75 Å². The average molecular weight is 208 g/mol. The third-order valence-electron chi connectivity index (χ3n) is 1.41. The number of ether oxygens (including phenoxy) is 1. The van der Waals surface area contributed by atoms with Crippen LogP contribution in [0.25, 0.3) is 0 Å². The van der Waals surface area contributed by atoms with Crippen molar-refractivity contribution in [3.63, 3.8) is 0 Å². The van der Waals surface area contributed by atoms with E-state index < -0.39 is 11.9 Å². The molecule has 0 spiro atoms. The van der Waals surface area contributed by atoms with E-state index in [0.717, 1.165) is 12.2 Å². The Morgan fingerprint density at radius 3 is 1.80 bits per heavy atom. The summed E-state index contributed by atoms with van der Waals surface area (Å²) >= 11 is 0. The Labute approximate surface area is 85.5 Å². The second-order valence-corrected chi connectivity index (χ2v) is 2.48. The molecule has 0 radical (unpaired) electrons. The number of hydrogen-bond donors (Lipinski definition) is 1. The van der Waals surface area contributed by atoms with Gasteiger partial charge in [-0.05, 0) is 12.1 Å². The van der Waals surface area contributed by atoms with Gasteiger partial charge in [0, 0.05) is 12.2 Å². The summed E-state index contributed by atoms with van der Waals surface area (Å²) in [7, 11) is 0. The summed E-state index contributed by atoms with van der Waals surface area (Å²) in [5.74, 6) is -0.692. The lowest BCUT2D eigenvalue weighted by molar-refractivity contribution is -0.150. The molecule has 0 atom stereocenters. The van der Waals surface area contributed by atoms with Gasteiger partial charge in [0.2, 0.25) is 0 Å². The third kappa shape index (κ3) is 4.06. The van der Waals surface area contributed by atoms with Crippen LogP contribution in [-0.2, 0) is 14.3 Å². The number of para-hydroxylation sites is 1. The molecule has 0 fully saturated rings. The van der Waals surface area contributed by atoms with E-state index in [0.29, 0.717) is 5.75 Å². The fourth-order valence-corrected chi connectivity index (χ4v) is 0.785. The lowest BCUT2D eigenvalue weighted by Gasteiger charge is -1.90. The quantitative estimate of drug-likeness (QED) is 0.324. The van der Waals surface area contributed by atoms with Crippen LogP contribution in [0.1, 0.15) is 0 Å². The van der Waals surface area contributed by atoms with Crippen molar-refractivity contribution in [1.29, 1.82) is 0 Å². The molecule has 15 heavy (non-hydrogen) atoms. The molecule has 1 N–H and O–H groups in total. The summed E-state index contributed by atoms with van der Waals surface area (Å²) in [5.41, 5.74) is 0. The minimum atomic E-state index is -0.579. The van der Waals surface area contributed by atoms with Crippen LogP contribution in [0, 0.1) is 0 Å². The molecule has 0 unspecified atom stereocenters. The van der Waals surface area contributed by atoms with Crippen molar-refractivity contribution < 1.29 is 24.5 Å². The van der Waals surface area contributed by atoms with Crippen molar-refractivity contribution in [2.45, 2.75) is 0 Å². The van der Waals surface area contributed by atoms with Gasteiger partial charge in [0.05, 0.1) is 0 Å². The van der Waals surface area contributed by atoms with Gasteiger partial charge in [0.15, 0.2) is 5.75 Å². The Morgan fingerprint density at radius 2 is 1.53 bits per heavy atom. The molecule has 5 nitrogen and oxygen atoms in total. The number of carbonyl (C=O) groups excluding carboxylic acids is 2. The first kappa shape index (κ1) is 10.9. The average Bonchev–Trinajstić information content (AvgIpc) is 2.65. The van der Waals surface area contributed by atoms with Crippen molar-refractivity contribution in [1.82, 2.24) is 0 Å². The van der Waals surface area contributed by atoms with Crippen LogP contribution >= 0.6 is 0 Å². The first-order chi connectivity index (χ1) is 7.22. The van der Waals surface area contributed by atoms with Crippen LogP contribution < -0.4 is 4.89 Å². The number of esters is 2. The van der Waals surface area contributed by atoms with Gasteiger partial charge in [-0.25, -0.2) is 14.8 Å². The molecule has 5 heteroatoms. The summed E-state index contributed by atoms with van der Waals surface area (Å²) in [6.07, 6.45) is 2.17. The van der Waals surface area contributed by atoms with Crippen LogP contribution in [0.15, 0.2) is 42.5 Å². The molecule has 1 aliphatic rings. The maximum absolute atomic E-state index is 9.92. The van der Waals surface area contributed by atoms with Crippen molar-refractivity contribution in [2.24, 2.45) is 0 Å². The number of carbonyl (C=O) groups is 2. The van der Waals surface area contributed by atoms with Crippen molar-refractivity contribution in [3.05, 3.63) is 42.5 Å². The Morgan fingerprint density at radius 1 is 1.00 bits per heavy atom. The highest BCUT2D eigenvalue weighted by atomic mass is 17.1. The maximum atomic E-state index is 9.92. The summed E-state index contributed by atoms with van der Waals surface area (Å²) in [6, 6.07) is 8.75. The lowest BCUT2D eigenvalue weighted by Crippen LogP contribution is -1.96. The van der Waals surface area contributed by atoms with E-state index in [2.05, 4.69) is 9.62 Å². The molecule has 0 bridgehead atoms. The third-order valence-corrected chi connectivity index (χ3v) is 1.41. The summed E-state index contributed by atoms with van der Waals surface area (Å²) in [4.78, 5) is 23.8. The van der Waals surface area contributed by atoms with E-state index in [9.17, 15) is 9.59 Å². The van der Waals surface area contributed by atoms with E-state index in [1.165, 1.54) is 0 Å². The molecule has 0 saturated heterocycles. The van der Waals surface area contributed by atoms with Gasteiger partial charge < -0.3 is 9.62 Å². The number of cyclic esters (lactones) is 2. The monoisotopic (exact) mass is 208 g/mol. The normalized spacial score (nSPS) is 12.9. The van der Waals surface area contributed by atoms with Crippen LogP contribution in [0.3, 0.4) is 0 Å². The van der Waals surface area contributed by atoms with E-state index >= 15 is 0 Å². The zero-order valence-electron chi connectivity index (χ0n) is 7.62. The van der Waals surface area contributed by atoms with E-state index in [1.54, 1.807) is 24.3 Å². The first-order valence-corrected chi connectivity index (χ1v) is 4.02. The Hall–Kier alpha value is -2.14. The summed E-state index contributed by atoms with van der Waals surface area (Å²) < 4.78 is 3.97. The fourth-order valence-electron chi connectivity index (χ4n) is 0.785. The van der Waals surface area contributed by atoms with Gasteiger partial charge in [0.1, 0.15) is 0 Å². The molecule has 1 heterocycles. The zero-order chi connectivity index (χ0) is 11.1. The van der Waals surface area contributed by atoms with Gasteiger partial charge in [-0.3, -0.25) is 0 Å². The maximum Gasteiger partial charge on any atom is 0.338 e. The fraction of sp³-hybridized carbons (Fsp3) is 0. The molecule has 2 rings (SSSR count). The molecule has 1 aromatic carbocycles. The van der Waals surface area contributed by atoms with Crippen LogP contribution in [0.2, 0.25) is 0 Å². The molecule has 78 valence electrons. The molecule has 0 saturated carbocycles. The molecular weight excluding hydrogens is 200 g/mol. The van der Waals surface area contributed by atoms with Gasteiger partial charge in [-0.15, -0.1) is 0 Å².